The molecule has 0 aromatic rings. The van der Waals surface area contributed by atoms with Crippen molar-refractivity contribution in [1.82, 2.24) is 14.7 Å². The smallest absolute Gasteiger partial charge is 0.317 e. The second-order valence-electron chi connectivity index (χ2n) is 7.78. The number of nitrogens with zero attached hydrogens (tertiary/aromatic N) is 3. The molecule has 1 aliphatic carbocycles. The van der Waals surface area contributed by atoms with Gasteiger partial charge in [-0.3, -0.25) is 38.7 Å². The maximum atomic E-state index is 11.5. The highest BCUT2D eigenvalue weighted by Crippen LogP contribution is 2.27. The van der Waals surface area contributed by atoms with Crippen molar-refractivity contribution >= 4 is 29.7 Å². The van der Waals surface area contributed by atoms with E-state index in [9.17, 15) is 39.3 Å². The Morgan fingerprint density at radius 3 is 1.48 bits per heavy atom. The number of Topliss-reactive ketones (excluding diaryl/α,β-unsaturated/α-hetero) is 1. The summed E-state index contributed by atoms with van der Waals surface area (Å²) in [6, 6.07) is -0.881. The minimum atomic E-state index is -1.18. The zero-order valence-corrected chi connectivity index (χ0v) is 17.6. The number of carboxylic acids is 4. The molecule has 0 aliphatic heterocycles. The van der Waals surface area contributed by atoms with E-state index < -0.39 is 49.1 Å². The Hall–Kier alpha value is -2.57. The Labute approximate surface area is 180 Å². The summed E-state index contributed by atoms with van der Waals surface area (Å²) < 4.78 is 0. The van der Waals surface area contributed by atoms with Gasteiger partial charge in [0.2, 0.25) is 0 Å². The zero-order valence-electron chi connectivity index (χ0n) is 17.6. The molecule has 0 aromatic carbocycles. The first-order chi connectivity index (χ1) is 14.5. The highest BCUT2D eigenvalue weighted by molar-refractivity contribution is 5.78. The van der Waals surface area contributed by atoms with Crippen molar-refractivity contribution in [2.75, 3.05) is 45.8 Å². The number of ketones is 1. The normalized spacial score (nSPS) is 19.0. The van der Waals surface area contributed by atoms with Gasteiger partial charge >= 0.3 is 23.9 Å². The van der Waals surface area contributed by atoms with Crippen LogP contribution in [0.15, 0.2) is 0 Å². The van der Waals surface area contributed by atoms with E-state index in [2.05, 4.69) is 0 Å². The summed E-state index contributed by atoms with van der Waals surface area (Å²) in [5.74, 6) is -4.80. The Morgan fingerprint density at radius 1 is 0.645 bits per heavy atom. The number of carboxylic acid groups (broad SMARTS) is 4. The van der Waals surface area contributed by atoms with Crippen LogP contribution in [0.1, 0.15) is 32.6 Å². The molecule has 1 fully saturated rings. The summed E-state index contributed by atoms with van der Waals surface area (Å²) >= 11 is 0. The van der Waals surface area contributed by atoms with E-state index in [-0.39, 0.29) is 38.5 Å². The van der Waals surface area contributed by atoms with E-state index in [0.29, 0.717) is 12.8 Å². The monoisotopic (exact) mass is 445 g/mol. The molecule has 0 amide bonds. The molecule has 0 unspecified atom stereocenters. The minimum Gasteiger partial charge on any atom is -0.480 e. The first kappa shape index (κ1) is 26.5. The number of carbonyl (C=O) groups excluding carboxylic acids is 1. The summed E-state index contributed by atoms with van der Waals surface area (Å²) in [5, 5.41) is 36.9. The van der Waals surface area contributed by atoms with Crippen LogP contribution >= 0.6 is 0 Å². The molecule has 31 heavy (non-hydrogen) atoms. The molecule has 2 atom stereocenters. The predicted octanol–water partition coefficient (Wildman–Crippen LogP) is -0.869. The molecule has 1 aliphatic rings. The van der Waals surface area contributed by atoms with E-state index >= 15 is 0 Å². The molecule has 0 spiro atoms. The molecule has 12 nitrogen and oxygen atoms in total. The number of rotatable bonds is 15. The van der Waals surface area contributed by atoms with E-state index in [0.717, 1.165) is 12.8 Å². The van der Waals surface area contributed by atoms with Crippen molar-refractivity contribution in [2.45, 2.75) is 44.7 Å². The van der Waals surface area contributed by atoms with Gasteiger partial charge in [0.25, 0.3) is 0 Å². The van der Waals surface area contributed by atoms with Crippen LogP contribution in [-0.4, -0.2) is 123 Å². The molecule has 1 saturated carbocycles. The lowest BCUT2D eigenvalue weighted by molar-refractivity contribution is -0.146. The second kappa shape index (κ2) is 13.0. The van der Waals surface area contributed by atoms with Gasteiger partial charge in [0.05, 0.1) is 32.7 Å². The number of carbonyl (C=O) groups is 5. The molecule has 0 bridgehead atoms. The molecule has 0 radical (unpaired) electrons. The molecule has 12 heteroatoms. The van der Waals surface area contributed by atoms with Crippen LogP contribution in [0.25, 0.3) is 0 Å². The summed E-state index contributed by atoms with van der Waals surface area (Å²) in [6.07, 6.45) is 2.61. The van der Waals surface area contributed by atoms with Crippen LogP contribution in [0.5, 0.6) is 0 Å². The van der Waals surface area contributed by atoms with Crippen molar-refractivity contribution < 1.29 is 44.4 Å². The number of hydrogen-bond donors (Lipinski definition) is 4. The quantitative estimate of drug-likeness (QED) is 0.245. The third-order valence-corrected chi connectivity index (χ3v) is 5.16. The van der Waals surface area contributed by atoms with Gasteiger partial charge in [0.15, 0.2) is 0 Å². The van der Waals surface area contributed by atoms with Crippen molar-refractivity contribution in [3.05, 3.63) is 0 Å². The Bertz CT molecular complexity index is 638. The molecule has 1 rings (SSSR count). The third kappa shape index (κ3) is 10.3. The van der Waals surface area contributed by atoms with Gasteiger partial charge in [-0.1, -0.05) is 12.8 Å². The Morgan fingerprint density at radius 2 is 1.06 bits per heavy atom. The minimum absolute atomic E-state index is 0.0918. The first-order valence-corrected chi connectivity index (χ1v) is 10.1. The van der Waals surface area contributed by atoms with Crippen molar-refractivity contribution in [2.24, 2.45) is 0 Å². The van der Waals surface area contributed by atoms with Gasteiger partial charge in [-0.2, -0.15) is 0 Å². The van der Waals surface area contributed by atoms with Crippen LogP contribution in [0, 0.1) is 0 Å². The molecular formula is C19H31N3O9. The Balaban J connectivity index is 3.06. The van der Waals surface area contributed by atoms with Crippen LogP contribution in [0.2, 0.25) is 0 Å². The van der Waals surface area contributed by atoms with Crippen molar-refractivity contribution in [1.29, 1.82) is 0 Å². The highest BCUT2D eigenvalue weighted by atomic mass is 16.4. The van der Waals surface area contributed by atoms with Crippen LogP contribution < -0.4 is 0 Å². The molecule has 0 saturated heterocycles. The topological polar surface area (TPSA) is 176 Å². The lowest BCUT2D eigenvalue weighted by Gasteiger charge is -2.44. The van der Waals surface area contributed by atoms with E-state index in [1.54, 1.807) is 4.90 Å². The first-order valence-electron chi connectivity index (χ1n) is 10.1. The van der Waals surface area contributed by atoms with E-state index in [1.165, 1.54) is 16.7 Å². The van der Waals surface area contributed by atoms with Gasteiger partial charge in [-0.05, 0) is 19.8 Å². The van der Waals surface area contributed by atoms with Gasteiger partial charge in [0, 0.05) is 25.2 Å². The van der Waals surface area contributed by atoms with Crippen LogP contribution in [0.4, 0.5) is 0 Å². The summed E-state index contributed by atoms with van der Waals surface area (Å²) in [5.41, 5.74) is 0. The second-order valence-corrected chi connectivity index (χ2v) is 7.78. The van der Waals surface area contributed by atoms with Gasteiger partial charge in [-0.25, -0.2) is 0 Å². The van der Waals surface area contributed by atoms with Gasteiger partial charge < -0.3 is 20.4 Å². The highest BCUT2D eigenvalue weighted by Gasteiger charge is 2.36. The molecule has 0 heterocycles. The fourth-order valence-electron chi connectivity index (χ4n) is 4.11. The SMILES string of the molecule is CC(=O)CN(CCN(CC(=O)O)[C@H]1CCCC[C@@H]1N(CC(=O)O)CC(=O)O)CC(=O)O. The van der Waals surface area contributed by atoms with Gasteiger partial charge in [-0.15, -0.1) is 0 Å². The van der Waals surface area contributed by atoms with Gasteiger partial charge in [0.1, 0.15) is 5.78 Å². The lowest BCUT2D eigenvalue weighted by Crippen LogP contribution is -2.57. The summed E-state index contributed by atoms with van der Waals surface area (Å²) in [4.78, 5) is 60.9. The predicted molar refractivity (Wildman–Crippen MR) is 107 cm³/mol. The largest absolute Gasteiger partial charge is 0.480 e. The lowest BCUT2D eigenvalue weighted by atomic mass is 9.87. The standard InChI is InChI=1S/C19H31N3O9/c1-13(23)8-20(9-16(24)25)6-7-21(10-17(26)27)14-4-2-3-5-15(14)22(11-18(28)29)12-19(30)31/h14-15H,2-12H2,1H3,(H,24,25)(H,26,27)(H,28,29)(H,30,31)/t14-,15-/m0/s1. The van der Waals surface area contributed by atoms with Crippen molar-refractivity contribution in [3.8, 4) is 0 Å². The number of aliphatic carboxylic acids is 4. The van der Waals surface area contributed by atoms with Crippen LogP contribution in [-0.2, 0) is 24.0 Å². The average Bonchev–Trinajstić information content (AvgIpc) is 2.62. The van der Waals surface area contributed by atoms with E-state index in [4.69, 9.17) is 5.11 Å². The fraction of sp³-hybridized carbons (Fsp3) is 0.737. The molecule has 0 aromatic heterocycles. The third-order valence-electron chi connectivity index (χ3n) is 5.16. The van der Waals surface area contributed by atoms with E-state index in [1.807, 2.05) is 0 Å². The fourth-order valence-corrected chi connectivity index (χ4v) is 4.11. The van der Waals surface area contributed by atoms with Crippen molar-refractivity contribution in [3.63, 3.8) is 0 Å². The zero-order chi connectivity index (χ0) is 23.6. The summed E-state index contributed by atoms with van der Waals surface area (Å²) in [7, 11) is 0. The maximum Gasteiger partial charge on any atom is 0.317 e. The summed E-state index contributed by atoms with van der Waals surface area (Å²) in [6.45, 7) is -0.201. The number of hydrogen-bond acceptors (Lipinski definition) is 8. The molecular weight excluding hydrogens is 414 g/mol. The van der Waals surface area contributed by atoms with Crippen LogP contribution in [0.3, 0.4) is 0 Å². The average molecular weight is 445 g/mol. The maximum absolute atomic E-state index is 11.5. The molecule has 176 valence electrons. The molecule has 4 N–H and O–H groups in total. The Kier molecular flexibility index (Phi) is 11.1.